The van der Waals surface area contributed by atoms with Gasteiger partial charge in [-0.05, 0) is 5.92 Å². The van der Waals surface area contributed by atoms with Crippen LogP contribution in [0.5, 0.6) is 0 Å². The van der Waals surface area contributed by atoms with E-state index in [1.807, 2.05) is 13.8 Å². The average Bonchev–Trinajstić information content (AvgIpc) is 2.56. The number of ether oxygens (including phenoxy) is 1. The summed E-state index contributed by atoms with van der Waals surface area (Å²) in [4.78, 5) is 0. The summed E-state index contributed by atoms with van der Waals surface area (Å²) in [6.45, 7) is 4.93. The van der Waals surface area contributed by atoms with Gasteiger partial charge in [0, 0.05) is 20.1 Å². The second-order valence-corrected chi connectivity index (χ2v) is 5.65. The zero-order valence-electron chi connectivity index (χ0n) is 10.3. The Bertz CT molecular complexity index is 467. The molecule has 0 unspecified atom stereocenters. The normalized spacial score (nSPS) is 12.3. The van der Waals surface area contributed by atoms with E-state index in [0.717, 1.165) is 0 Å². The predicted molar refractivity (Wildman–Crippen MR) is 61.8 cm³/mol. The summed E-state index contributed by atoms with van der Waals surface area (Å²) in [5, 5.41) is 12.4. The third kappa shape index (κ3) is 3.76. The molecule has 0 aliphatic carbocycles. The molecule has 1 rings (SSSR count). The van der Waals surface area contributed by atoms with E-state index in [-0.39, 0.29) is 11.1 Å². The lowest BCUT2D eigenvalue weighted by molar-refractivity contribution is 0.199. The first kappa shape index (κ1) is 14.1. The van der Waals surface area contributed by atoms with E-state index in [1.54, 1.807) is 11.7 Å². The molecule has 0 spiro atoms. The van der Waals surface area contributed by atoms with E-state index in [0.29, 0.717) is 25.4 Å². The molecule has 1 aromatic heterocycles. The number of hydrogen-bond acceptors (Lipinski definition) is 5. The van der Waals surface area contributed by atoms with Crippen LogP contribution in [0.3, 0.4) is 0 Å². The Labute approximate surface area is 101 Å². The van der Waals surface area contributed by atoms with E-state index in [4.69, 9.17) is 9.88 Å². The highest BCUT2D eigenvalue weighted by Gasteiger charge is 2.21. The molecular weight excluding hydrogens is 244 g/mol. The van der Waals surface area contributed by atoms with Crippen molar-refractivity contribution in [1.29, 1.82) is 0 Å². The van der Waals surface area contributed by atoms with E-state index in [1.165, 1.54) is 0 Å². The standard InChI is InChI=1S/C9H18N4O3S/c1-7(2)6-13-8(4-5-16-3)11-12-9(13)17(10,14)15/h7H,4-6H2,1-3H3,(H2,10,14,15). The smallest absolute Gasteiger partial charge is 0.273 e. The molecule has 1 aromatic rings. The molecule has 0 atom stereocenters. The van der Waals surface area contributed by atoms with Crippen LogP contribution in [0.2, 0.25) is 0 Å². The molecule has 0 fully saturated rings. The largest absolute Gasteiger partial charge is 0.384 e. The molecule has 0 aliphatic heterocycles. The van der Waals surface area contributed by atoms with Crippen LogP contribution in [0.25, 0.3) is 0 Å². The summed E-state index contributed by atoms with van der Waals surface area (Å²) in [7, 11) is -2.26. The highest BCUT2D eigenvalue weighted by molar-refractivity contribution is 7.89. The molecule has 0 bridgehead atoms. The average molecular weight is 262 g/mol. The molecule has 17 heavy (non-hydrogen) atoms. The molecule has 0 aliphatic rings. The summed E-state index contributed by atoms with van der Waals surface area (Å²) < 4.78 is 29.2. The maximum absolute atomic E-state index is 11.3. The maximum Gasteiger partial charge on any atom is 0.273 e. The lowest BCUT2D eigenvalue weighted by Gasteiger charge is -2.11. The van der Waals surface area contributed by atoms with Gasteiger partial charge >= 0.3 is 0 Å². The SMILES string of the molecule is COCCc1nnc(S(N)(=O)=O)n1CC(C)C. The highest BCUT2D eigenvalue weighted by Crippen LogP contribution is 2.11. The van der Waals surface area contributed by atoms with Gasteiger partial charge in [-0.2, -0.15) is 0 Å². The first-order valence-corrected chi connectivity index (χ1v) is 6.84. The predicted octanol–water partition coefficient (Wildman–Crippen LogP) is -0.230. The number of rotatable bonds is 6. The van der Waals surface area contributed by atoms with Gasteiger partial charge in [-0.15, -0.1) is 10.2 Å². The van der Waals surface area contributed by atoms with Crippen molar-refractivity contribution in [1.82, 2.24) is 14.8 Å². The van der Waals surface area contributed by atoms with E-state index in [2.05, 4.69) is 10.2 Å². The fraction of sp³-hybridized carbons (Fsp3) is 0.778. The Kier molecular flexibility index (Phi) is 4.61. The summed E-state index contributed by atoms with van der Waals surface area (Å²) >= 11 is 0. The van der Waals surface area contributed by atoms with E-state index < -0.39 is 10.0 Å². The minimum absolute atomic E-state index is 0.183. The Morgan fingerprint density at radius 2 is 2.06 bits per heavy atom. The van der Waals surface area contributed by atoms with Gasteiger partial charge < -0.3 is 9.30 Å². The quantitative estimate of drug-likeness (QED) is 0.763. The van der Waals surface area contributed by atoms with Crippen molar-refractivity contribution in [3.05, 3.63) is 5.82 Å². The molecule has 0 saturated heterocycles. The van der Waals surface area contributed by atoms with Crippen LogP contribution in [0.15, 0.2) is 5.16 Å². The van der Waals surface area contributed by atoms with Gasteiger partial charge in [0.2, 0.25) is 0 Å². The number of aromatic nitrogens is 3. The third-order valence-corrected chi connectivity index (χ3v) is 2.94. The number of primary sulfonamides is 1. The van der Waals surface area contributed by atoms with Gasteiger partial charge in [0.05, 0.1) is 6.61 Å². The van der Waals surface area contributed by atoms with Crippen LogP contribution in [-0.2, 0) is 27.7 Å². The van der Waals surface area contributed by atoms with Gasteiger partial charge in [0.1, 0.15) is 5.82 Å². The topological polar surface area (TPSA) is 100 Å². The molecule has 7 nitrogen and oxygen atoms in total. The Morgan fingerprint density at radius 1 is 1.41 bits per heavy atom. The Morgan fingerprint density at radius 3 is 2.53 bits per heavy atom. The van der Waals surface area contributed by atoms with Crippen molar-refractivity contribution in [3.8, 4) is 0 Å². The van der Waals surface area contributed by atoms with Crippen LogP contribution in [0.4, 0.5) is 0 Å². The van der Waals surface area contributed by atoms with Crippen molar-refractivity contribution in [2.24, 2.45) is 11.1 Å². The molecule has 2 N–H and O–H groups in total. The van der Waals surface area contributed by atoms with Crippen molar-refractivity contribution < 1.29 is 13.2 Å². The second-order valence-electron chi connectivity index (χ2n) is 4.19. The second kappa shape index (κ2) is 5.56. The summed E-state index contributed by atoms with van der Waals surface area (Å²) in [6, 6.07) is 0. The third-order valence-electron chi connectivity index (χ3n) is 2.13. The van der Waals surface area contributed by atoms with Gasteiger partial charge in [-0.25, -0.2) is 13.6 Å². The number of sulfonamides is 1. The zero-order chi connectivity index (χ0) is 13.1. The zero-order valence-corrected chi connectivity index (χ0v) is 11.1. The minimum atomic E-state index is -3.83. The van der Waals surface area contributed by atoms with Gasteiger partial charge in [0.25, 0.3) is 15.2 Å². The fourth-order valence-corrected chi connectivity index (χ4v) is 2.10. The molecular formula is C9H18N4O3S. The number of hydrogen-bond donors (Lipinski definition) is 1. The molecule has 1 heterocycles. The summed E-state index contributed by atoms with van der Waals surface area (Å²) in [6.07, 6.45) is 0.506. The molecule has 98 valence electrons. The molecule has 0 radical (unpaired) electrons. The minimum Gasteiger partial charge on any atom is -0.384 e. The van der Waals surface area contributed by atoms with Gasteiger partial charge in [-0.1, -0.05) is 13.8 Å². The first-order chi connectivity index (χ1) is 7.86. The first-order valence-electron chi connectivity index (χ1n) is 5.30. The fourth-order valence-electron chi connectivity index (χ4n) is 1.46. The van der Waals surface area contributed by atoms with E-state index in [9.17, 15) is 8.42 Å². The molecule has 8 heteroatoms. The van der Waals surface area contributed by atoms with Gasteiger partial charge in [-0.3, -0.25) is 0 Å². The number of nitrogens with two attached hydrogens (primary N) is 1. The number of methoxy groups -OCH3 is 1. The molecule has 0 amide bonds. The van der Waals surface area contributed by atoms with Crippen LogP contribution >= 0.6 is 0 Å². The Hall–Kier alpha value is -0.990. The molecule has 0 aromatic carbocycles. The van der Waals surface area contributed by atoms with Crippen molar-refractivity contribution in [3.63, 3.8) is 0 Å². The van der Waals surface area contributed by atoms with Gasteiger partial charge in [0.15, 0.2) is 0 Å². The van der Waals surface area contributed by atoms with Crippen LogP contribution in [-0.4, -0.2) is 36.9 Å². The molecule has 0 saturated carbocycles. The Balaban J connectivity index is 3.11. The summed E-state index contributed by atoms with van der Waals surface area (Å²) in [5.74, 6) is 0.845. The lowest BCUT2D eigenvalue weighted by atomic mass is 10.2. The van der Waals surface area contributed by atoms with Crippen molar-refractivity contribution >= 4 is 10.0 Å². The van der Waals surface area contributed by atoms with Crippen LogP contribution < -0.4 is 5.14 Å². The maximum atomic E-state index is 11.3. The van der Waals surface area contributed by atoms with Crippen molar-refractivity contribution in [2.45, 2.75) is 32.0 Å². The van der Waals surface area contributed by atoms with Crippen LogP contribution in [0, 0.1) is 5.92 Å². The highest BCUT2D eigenvalue weighted by atomic mass is 32.2. The monoisotopic (exact) mass is 262 g/mol. The van der Waals surface area contributed by atoms with Crippen molar-refractivity contribution in [2.75, 3.05) is 13.7 Å². The summed E-state index contributed by atoms with van der Waals surface area (Å²) in [5.41, 5.74) is 0. The lowest BCUT2D eigenvalue weighted by Crippen LogP contribution is -2.21. The number of nitrogens with zero attached hydrogens (tertiary/aromatic N) is 3. The van der Waals surface area contributed by atoms with Crippen LogP contribution in [0.1, 0.15) is 19.7 Å². The van der Waals surface area contributed by atoms with E-state index >= 15 is 0 Å².